The molecule has 4 N–H and O–H groups in total. The Hall–Kier alpha value is -1.50. The van der Waals surface area contributed by atoms with Crippen molar-refractivity contribution in [2.24, 2.45) is 0 Å². The highest BCUT2D eigenvalue weighted by Crippen LogP contribution is 2.29. The maximum absolute atomic E-state index is 6.05. The SMILES string of the molecule is Cc1cc(C2=CSc3nnc(C[NH3+])n3N2)ccc1Cl. The summed E-state index contributed by atoms with van der Waals surface area (Å²) in [7, 11) is 0. The van der Waals surface area contributed by atoms with E-state index in [4.69, 9.17) is 11.6 Å². The van der Waals surface area contributed by atoms with Crippen LogP contribution in [0.15, 0.2) is 28.8 Å². The van der Waals surface area contributed by atoms with E-state index in [1.807, 2.05) is 29.1 Å². The molecule has 0 amide bonds. The summed E-state index contributed by atoms with van der Waals surface area (Å²) in [5, 5.41) is 11.8. The second kappa shape index (κ2) is 4.88. The maximum Gasteiger partial charge on any atom is 0.214 e. The van der Waals surface area contributed by atoms with E-state index < -0.39 is 0 Å². The Kier molecular flexibility index (Phi) is 3.22. The highest BCUT2D eigenvalue weighted by Gasteiger charge is 2.18. The van der Waals surface area contributed by atoms with Crippen LogP contribution in [-0.2, 0) is 6.54 Å². The summed E-state index contributed by atoms with van der Waals surface area (Å²) in [5.74, 6) is 0.818. The summed E-state index contributed by atoms with van der Waals surface area (Å²) in [6.07, 6.45) is 0. The highest BCUT2D eigenvalue weighted by atomic mass is 35.5. The van der Waals surface area contributed by atoms with E-state index in [1.54, 1.807) is 11.8 Å². The molecule has 0 saturated heterocycles. The average Bonchev–Trinajstić information content (AvgIpc) is 2.84. The number of nitrogens with zero attached hydrogens (tertiary/aromatic N) is 3. The van der Waals surface area contributed by atoms with Gasteiger partial charge in [0.05, 0.1) is 5.70 Å². The summed E-state index contributed by atoms with van der Waals surface area (Å²) < 4.78 is 1.87. The number of fused-ring (bicyclic) bond motifs is 1. The molecule has 0 atom stereocenters. The Morgan fingerprint density at radius 3 is 3.00 bits per heavy atom. The fourth-order valence-electron chi connectivity index (χ4n) is 1.85. The molecule has 2 heterocycles. The van der Waals surface area contributed by atoms with Crippen molar-refractivity contribution < 1.29 is 5.73 Å². The van der Waals surface area contributed by atoms with Gasteiger partial charge in [0, 0.05) is 16.0 Å². The number of nitrogens with one attached hydrogen (secondary N) is 1. The average molecular weight is 295 g/mol. The number of quaternary nitrogens is 1. The molecule has 19 heavy (non-hydrogen) atoms. The minimum Gasteiger partial charge on any atom is -0.351 e. The molecule has 0 bridgehead atoms. The van der Waals surface area contributed by atoms with Crippen LogP contribution in [0.4, 0.5) is 0 Å². The minimum atomic E-state index is 0.591. The van der Waals surface area contributed by atoms with Gasteiger partial charge in [-0.3, -0.25) is 5.43 Å². The quantitative estimate of drug-likeness (QED) is 0.883. The van der Waals surface area contributed by atoms with Crippen LogP contribution in [-0.4, -0.2) is 14.9 Å². The van der Waals surface area contributed by atoms with E-state index in [9.17, 15) is 0 Å². The monoisotopic (exact) mass is 294 g/mol. The Balaban J connectivity index is 1.95. The molecule has 1 aliphatic heterocycles. The Morgan fingerprint density at radius 1 is 1.42 bits per heavy atom. The van der Waals surface area contributed by atoms with Gasteiger partial charge < -0.3 is 5.73 Å². The molecule has 0 spiro atoms. The zero-order valence-corrected chi connectivity index (χ0v) is 11.9. The maximum atomic E-state index is 6.05. The third-order valence-corrected chi connectivity index (χ3v) is 4.16. The lowest BCUT2D eigenvalue weighted by Gasteiger charge is -2.18. The van der Waals surface area contributed by atoms with Gasteiger partial charge in [-0.15, -0.1) is 10.2 Å². The van der Waals surface area contributed by atoms with Crippen LogP contribution < -0.4 is 11.2 Å². The molecule has 2 aromatic rings. The molecule has 1 aliphatic rings. The van der Waals surface area contributed by atoms with E-state index in [2.05, 4.69) is 27.4 Å². The normalized spacial score (nSPS) is 13.7. The second-order valence-corrected chi connectivity index (χ2v) is 5.45. The van der Waals surface area contributed by atoms with Crippen molar-refractivity contribution >= 4 is 29.1 Å². The van der Waals surface area contributed by atoms with Gasteiger partial charge in [-0.05, 0) is 24.6 Å². The van der Waals surface area contributed by atoms with Gasteiger partial charge in [-0.2, -0.15) is 0 Å². The van der Waals surface area contributed by atoms with Crippen LogP contribution in [0, 0.1) is 6.92 Å². The number of rotatable bonds is 2. The van der Waals surface area contributed by atoms with Crippen LogP contribution in [0.5, 0.6) is 0 Å². The van der Waals surface area contributed by atoms with Gasteiger partial charge >= 0.3 is 0 Å². The van der Waals surface area contributed by atoms with Gasteiger partial charge in [-0.25, -0.2) is 4.68 Å². The second-order valence-electron chi connectivity index (χ2n) is 4.21. The molecule has 98 valence electrons. The van der Waals surface area contributed by atoms with E-state index in [-0.39, 0.29) is 0 Å². The Labute approximate surface area is 119 Å². The highest BCUT2D eigenvalue weighted by molar-refractivity contribution is 8.02. The van der Waals surface area contributed by atoms with Crippen molar-refractivity contribution in [1.29, 1.82) is 0 Å². The van der Waals surface area contributed by atoms with Crippen LogP contribution in [0.3, 0.4) is 0 Å². The molecule has 0 fully saturated rings. The van der Waals surface area contributed by atoms with Crippen molar-refractivity contribution in [3.05, 3.63) is 45.6 Å². The van der Waals surface area contributed by atoms with Crippen molar-refractivity contribution in [2.75, 3.05) is 5.43 Å². The van der Waals surface area contributed by atoms with Gasteiger partial charge in [0.15, 0.2) is 0 Å². The van der Waals surface area contributed by atoms with E-state index in [0.29, 0.717) is 6.54 Å². The topological polar surface area (TPSA) is 70.4 Å². The Morgan fingerprint density at radius 2 is 2.26 bits per heavy atom. The molecule has 0 radical (unpaired) electrons. The fraction of sp³-hybridized carbons (Fsp3) is 0.167. The fourth-order valence-corrected chi connectivity index (χ4v) is 2.73. The van der Waals surface area contributed by atoms with Crippen LogP contribution in [0.25, 0.3) is 5.70 Å². The standard InChI is InChI=1S/C12H12ClN5S/c1-7-4-8(2-3-9(7)13)10-6-19-12-16-15-11(5-14)18(12)17-10/h2-4,6,17H,5,14H2,1H3/p+1. The first kappa shape index (κ1) is 12.5. The summed E-state index contributed by atoms with van der Waals surface area (Å²) in [4.78, 5) is 0. The van der Waals surface area contributed by atoms with Crippen LogP contribution in [0.1, 0.15) is 17.0 Å². The molecule has 0 unspecified atom stereocenters. The molecule has 5 nitrogen and oxygen atoms in total. The molecular weight excluding hydrogens is 282 g/mol. The number of halogens is 1. The van der Waals surface area contributed by atoms with Gasteiger partial charge in [0.2, 0.25) is 11.0 Å². The lowest BCUT2D eigenvalue weighted by Crippen LogP contribution is -2.49. The lowest BCUT2D eigenvalue weighted by atomic mass is 10.1. The molecular formula is C12H13ClN5S+. The molecule has 7 heteroatoms. The number of aromatic nitrogens is 3. The summed E-state index contributed by atoms with van der Waals surface area (Å²) in [6.45, 7) is 2.58. The largest absolute Gasteiger partial charge is 0.351 e. The molecule has 0 aliphatic carbocycles. The first-order chi connectivity index (χ1) is 9.19. The zero-order chi connectivity index (χ0) is 13.4. The van der Waals surface area contributed by atoms with Gasteiger partial charge in [0.25, 0.3) is 0 Å². The number of hydrogen-bond acceptors (Lipinski definition) is 4. The van der Waals surface area contributed by atoms with Crippen molar-refractivity contribution in [3.63, 3.8) is 0 Å². The third kappa shape index (κ3) is 2.22. The number of benzene rings is 1. The summed E-state index contributed by atoms with van der Waals surface area (Å²) >= 11 is 7.59. The molecule has 3 rings (SSSR count). The first-order valence-electron chi connectivity index (χ1n) is 5.83. The smallest absolute Gasteiger partial charge is 0.214 e. The molecule has 1 aromatic heterocycles. The van der Waals surface area contributed by atoms with Crippen LogP contribution >= 0.6 is 23.4 Å². The zero-order valence-electron chi connectivity index (χ0n) is 10.4. The van der Waals surface area contributed by atoms with Crippen LogP contribution in [0.2, 0.25) is 5.02 Å². The first-order valence-corrected chi connectivity index (χ1v) is 7.08. The van der Waals surface area contributed by atoms with Gasteiger partial charge in [0.1, 0.15) is 6.54 Å². The predicted octanol–water partition coefficient (Wildman–Crippen LogP) is 1.63. The Bertz CT molecular complexity index is 664. The summed E-state index contributed by atoms with van der Waals surface area (Å²) in [6, 6.07) is 5.96. The molecule has 0 saturated carbocycles. The van der Waals surface area contributed by atoms with Crippen molar-refractivity contribution in [2.45, 2.75) is 18.6 Å². The lowest BCUT2D eigenvalue weighted by molar-refractivity contribution is -0.388. The number of thioether (sulfide) groups is 1. The van der Waals surface area contributed by atoms with E-state index in [1.165, 1.54) is 0 Å². The number of hydrogen-bond donors (Lipinski definition) is 2. The van der Waals surface area contributed by atoms with Crippen molar-refractivity contribution in [3.8, 4) is 0 Å². The van der Waals surface area contributed by atoms with E-state index in [0.717, 1.165) is 32.8 Å². The van der Waals surface area contributed by atoms with Gasteiger partial charge in [-0.1, -0.05) is 29.4 Å². The predicted molar refractivity (Wildman–Crippen MR) is 76.0 cm³/mol. The van der Waals surface area contributed by atoms with Crippen molar-refractivity contribution in [1.82, 2.24) is 14.9 Å². The van der Waals surface area contributed by atoms with E-state index >= 15 is 0 Å². The number of aryl methyl sites for hydroxylation is 1. The molecule has 1 aromatic carbocycles. The minimum absolute atomic E-state index is 0.591. The summed E-state index contributed by atoms with van der Waals surface area (Å²) in [5.41, 5.74) is 10.3. The third-order valence-electron chi connectivity index (χ3n) is 2.91.